The van der Waals surface area contributed by atoms with Crippen molar-refractivity contribution in [1.82, 2.24) is 0 Å². The summed E-state index contributed by atoms with van der Waals surface area (Å²) in [6.07, 6.45) is 2.73. The molecule has 0 spiro atoms. The van der Waals surface area contributed by atoms with E-state index in [0.717, 1.165) is 31.8 Å². The molecule has 16 heavy (non-hydrogen) atoms. The molecular weight excluding hydrogens is 226 g/mol. The number of methoxy groups -OCH3 is 1. The molecule has 0 amide bonds. The van der Waals surface area contributed by atoms with E-state index in [1.165, 1.54) is 7.11 Å². The average Bonchev–Trinajstić information content (AvgIpc) is 2.19. The Kier molecular flexibility index (Phi) is 5.58. The zero-order chi connectivity index (χ0) is 12.0. The molecule has 0 aromatic heterocycles. The van der Waals surface area contributed by atoms with E-state index < -0.39 is 5.54 Å². The highest BCUT2D eigenvalue weighted by Gasteiger charge is 2.28. The number of nitrogens with two attached hydrogens (primary N) is 1. The summed E-state index contributed by atoms with van der Waals surface area (Å²) in [6.45, 7) is 3.51. The van der Waals surface area contributed by atoms with Gasteiger partial charge in [-0.3, -0.25) is 4.79 Å². The highest BCUT2D eigenvalue weighted by Crippen LogP contribution is 2.21. The predicted molar refractivity (Wildman–Crippen MR) is 65.5 cm³/mol. The molecule has 0 aromatic rings. The van der Waals surface area contributed by atoms with Crippen molar-refractivity contribution in [2.24, 2.45) is 5.73 Å². The SMILES string of the molecule is COC(=O)C(C)(N)CCCCSC1COC1. The number of carbonyl (C=O) groups is 1. The Morgan fingerprint density at radius 1 is 1.56 bits per heavy atom. The van der Waals surface area contributed by atoms with Crippen LogP contribution in [0.1, 0.15) is 26.2 Å². The first-order valence-electron chi connectivity index (χ1n) is 5.63. The van der Waals surface area contributed by atoms with Gasteiger partial charge in [0.1, 0.15) is 5.54 Å². The monoisotopic (exact) mass is 247 g/mol. The molecular formula is C11H21NO3S. The molecule has 1 fully saturated rings. The van der Waals surface area contributed by atoms with Crippen molar-refractivity contribution in [3.05, 3.63) is 0 Å². The molecule has 1 saturated heterocycles. The maximum absolute atomic E-state index is 11.3. The number of ether oxygens (including phenoxy) is 2. The molecule has 0 bridgehead atoms. The summed E-state index contributed by atoms with van der Waals surface area (Å²) in [5, 5.41) is 0.685. The van der Waals surface area contributed by atoms with Crippen molar-refractivity contribution in [2.75, 3.05) is 26.1 Å². The van der Waals surface area contributed by atoms with Crippen LogP contribution in [0.25, 0.3) is 0 Å². The molecule has 1 rings (SSSR count). The van der Waals surface area contributed by atoms with Crippen LogP contribution in [0.3, 0.4) is 0 Å². The summed E-state index contributed by atoms with van der Waals surface area (Å²) in [4.78, 5) is 11.3. The second-order valence-electron chi connectivity index (χ2n) is 4.40. The van der Waals surface area contributed by atoms with Gasteiger partial charge in [-0.15, -0.1) is 0 Å². The predicted octanol–water partition coefficient (Wildman–Crippen LogP) is 1.18. The van der Waals surface area contributed by atoms with Crippen LogP contribution in [-0.2, 0) is 14.3 Å². The Bertz CT molecular complexity index is 229. The highest BCUT2D eigenvalue weighted by atomic mass is 32.2. The van der Waals surface area contributed by atoms with Gasteiger partial charge < -0.3 is 15.2 Å². The van der Waals surface area contributed by atoms with Gasteiger partial charge >= 0.3 is 5.97 Å². The van der Waals surface area contributed by atoms with Crippen LogP contribution in [0.4, 0.5) is 0 Å². The van der Waals surface area contributed by atoms with Gasteiger partial charge in [-0.2, -0.15) is 11.8 Å². The Labute approximate surface area is 101 Å². The fourth-order valence-corrected chi connectivity index (χ4v) is 2.58. The summed E-state index contributed by atoms with van der Waals surface area (Å²) in [6, 6.07) is 0. The highest BCUT2D eigenvalue weighted by molar-refractivity contribution is 8.00. The molecule has 1 heterocycles. The zero-order valence-electron chi connectivity index (χ0n) is 10.0. The Hall–Kier alpha value is -0.260. The number of carbonyl (C=O) groups excluding carboxylic acids is 1. The third kappa shape index (κ3) is 4.31. The summed E-state index contributed by atoms with van der Waals surface area (Å²) in [7, 11) is 1.37. The van der Waals surface area contributed by atoms with E-state index in [2.05, 4.69) is 4.74 Å². The van der Waals surface area contributed by atoms with Crippen LogP contribution in [0.15, 0.2) is 0 Å². The van der Waals surface area contributed by atoms with E-state index in [1.807, 2.05) is 11.8 Å². The summed E-state index contributed by atoms with van der Waals surface area (Å²) < 4.78 is 9.74. The lowest BCUT2D eigenvalue weighted by atomic mass is 9.97. The quantitative estimate of drug-likeness (QED) is 0.540. The third-order valence-corrected chi connectivity index (χ3v) is 3.97. The van der Waals surface area contributed by atoms with Crippen LogP contribution < -0.4 is 5.73 Å². The Balaban J connectivity index is 2.02. The van der Waals surface area contributed by atoms with E-state index in [1.54, 1.807) is 6.92 Å². The second-order valence-corrected chi connectivity index (χ2v) is 5.80. The van der Waals surface area contributed by atoms with E-state index in [-0.39, 0.29) is 5.97 Å². The normalized spacial score (nSPS) is 19.9. The molecule has 0 aromatic carbocycles. The Morgan fingerprint density at radius 3 is 2.75 bits per heavy atom. The van der Waals surface area contributed by atoms with Crippen molar-refractivity contribution in [3.8, 4) is 0 Å². The molecule has 5 heteroatoms. The lowest BCUT2D eigenvalue weighted by Gasteiger charge is -2.25. The van der Waals surface area contributed by atoms with E-state index in [9.17, 15) is 4.79 Å². The van der Waals surface area contributed by atoms with E-state index >= 15 is 0 Å². The lowest BCUT2D eigenvalue weighted by Crippen LogP contribution is -2.45. The van der Waals surface area contributed by atoms with Gasteiger partial charge in [-0.25, -0.2) is 0 Å². The first kappa shape index (κ1) is 13.8. The van der Waals surface area contributed by atoms with Crippen molar-refractivity contribution in [3.63, 3.8) is 0 Å². The van der Waals surface area contributed by atoms with Crippen molar-refractivity contribution in [1.29, 1.82) is 0 Å². The molecule has 0 saturated carbocycles. The molecule has 2 N–H and O–H groups in total. The molecule has 1 atom stereocenters. The van der Waals surface area contributed by atoms with Crippen LogP contribution in [0.2, 0.25) is 0 Å². The maximum Gasteiger partial charge on any atom is 0.325 e. The summed E-state index contributed by atoms with van der Waals surface area (Å²) in [5.41, 5.74) is 5.01. The minimum atomic E-state index is -0.834. The first-order chi connectivity index (χ1) is 7.56. The number of rotatable bonds is 7. The fourth-order valence-electron chi connectivity index (χ4n) is 1.49. The van der Waals surface area contributed by atoms with E-state index in [0.29, 0.717) is 11.7 Å². The topological polar surface area (TPSA) is 61.5 Å². The second kappa shape index (κ2) is 6.47. The van der Waals surface area contributed by atoms with E-state index in [4.69, 9.17) is 10.5 Å². The molecule has 94 valence electrons. The average molecular weight is 247 g/mol. The molecule has 0 aliphatic carbocycles. The van der Waals surface area contributed by atoms with Gasteiger partial charge in [0.2, 0.25) is 0 Å². The van der Waals surface area contributed by atoms with Crippen LogP contribution in [0, 0.1) is 0 Å². The lowest BCUT2D eigenvalue weighted by molar-refractivity contribution is -0.146. The molecule has 0 radical (unpaired) electrons. The van der Waals surface area contributed by atoms with Gasteiger partial charge in [0, 0.05) is 0 Å². The number of esters is 1. The largest absolute Gasteiger partial charge is 0.468 e. The minimum Gasteiger partial charge on any atom is -0.468 e. The number of hydrogen-bond acceptors (Lipinski definition) is 5. The van der Waals surface area contributed by atoms with Crippen molar-refractivity contribution in [2.45, 2.75) is 37.0 Å². The van der Waals surface area contributed by atoms with Crippen LogP contribution >= 0.6 is 11.8 Å². The molecule has 1 unspecified atom stereocenters. The van der Waals surface area contributed by atoms with Gasteiger partial charge in [0.15, 0.2) is 0 Å². The minimum absolute atomic E-state index is 0.326. The standard InChI is InChI=1S/C11H21NO3S/c1-11(12,10(13)14-2)5-3-4-6-16-9-7-15-8-9/h9H,3-8,12H2,1-2H3. The summed E-state index contributed by atoms with van der Waals surface area (Å²) in [5.74, 6) is 0.790. The molecule has 4 nitrogen and oxygen atoms in total. The maximum atomic E-state index is 11.3. The number of unbranched alkanes of at least 4 members (excludes halogenated alkanes) is 1. The van der Waals surface area contributed by atoms with Gasteiger partial charge in [-0.1, -0.05) is 6.42 Å². The molecule has 1 aliphatic rings. The van der Waals surface area contributed by atoms with Gasteiger partial charge in [0.25, 0.3) is 0 Å². The molecule has 1 aliphatic heterocycles. The van der Waals surface area contributed by atoms with Crippen molar-refractivity contribution >= 4 is 17.7 Å². The Morgan fingerprint density at radius 2 is 2.25 bits per heavy atom. The first-order valence-corrected chi connectivity index (χ1v) is 6.68. The van der Waals surface area contributed by atoms with Crippen molar-refractivity contribution < 1.29 is 14.3 Å². The van der Waals surface area contributed by atoms with Crippen LogP contribution in [-0.4, -0.2) is 42.8 Å². The smallest absolute Gasteiger partial charge is 0.325 e. The van der Waals surface area contributed by atoms with Crippen LogP contribution in [0.5, 0.6) is 0 Å². The van der Waals surface area contributed by atoms with Gasteiger partial charge in [-0.05, 0) is 25.5 Å². The zero-order valence-corrected chi connectivity index (χ0v) is 10.8. The number of hydrogen-bond donors (Lipinski definition) is 1. The fraction of sp³-hybridized carbons (Fsp3) is 0.909. The number of thioether (sulfide) groups is 1. The summed E-state index contributed by atoms with van der Waals surface area (Å²) >= 11 is 1.95. The third-order valence-electron chi connectivity index (χ3n) is 2.70. The van der Waals surface area contributed by atoms with Gasteiger partial charge in [0.05, 0.1) is 25.6 Å².